The largest absolute Gasteiger partial charge is 0.312 e. The summed E-state index contributed by atoms with van der Waals surface area (Å²) in [6.45, 7) is 28.2. The number of hydrogen-bond acceptors (Lipinski definition) is 1. The van der Waals surface area contributed by atoms with Crippen molar-refractivity contribution in [3.8, 4) is 11.1 Å². The molecule has 3 aliphatic heterocycles. The number of anilines is 3. The van der Waals surface area contributed by atoms with E-state index in [1.165, 1.54) is 120 Å². The fraction of sp³-hybridized carbons (Fsp3) is 0.357. The molecule has 3 heterocycles. The normalized spacial score (nSPS) is 19.1. The molecule has 1 saturated carbocycles. The van der Waals surface area contributed by atoms with E-state index in [4.69, 9.17) is 0 Å². The van der Waals surface area contributed by atoms with Gasteiger partial charge in [0, 0.05) is 22.5 Å². The number of benzene rings is 6. The first kappa shape index (κ1) is 38.5. The highest BCUT2D eigenvalue weighted by Gasteiger charge is 2.58. The van der Waals surface area contributed by atoms with E-state index in [1.807, 2.05) is 13.8 Å². The maximum Gasteiger partial charge on any atom is 0.247 e. The first-order valence-electron chi connectivity index (χ1n) is 22.8. The Morgan fingerprint density at radius 1 is 0.542 bits per heavy atom. The van der Waals surface area contributed by atoms with Gasteiger partial charge in [0.25, 0.3) is 0 Å². The van der Waals surface area contributed by atoms with Crippen molar-refractivity contribution in [2.45, 2.75) is 131 Å². The second-order valence-corrected chi connectivity index (χ2v) is 20.7. The number of hydrogen-bond donors (Lipinski definition) is 0. The molecule has 3 aliphatic carbocycles. The van der Waals surface area contributed by atoms with Crippen molar-refractivity contribution in [2.24, 2.45) is 0 Å². The lowest BCUT2D eigenvalue weighted by Gasteiger charge is -2.59. The molecule has 6 aromatic rings. The summed E-state index contributed by atoms with van der Waals surface area (Å²) in [7, 11) is 0. The third kappa shape index (κ3) is 5.25. The molecule has 296 valence electrons. The number of nitrogens with zero attached hydrogens (tertiary/aromatic N) is 1. The molecule has 2 bridgehead atoms. The van der Waals surface area contributed by atoms with Gasteiger partial charge in [-0.1, -0.05) is 186 Å². The summed E-state index contributed by atoms with van der Waals surface area (Å²) < 4.78 is 0. The van der Waals surface area contributed by atoms with Gasteiger partial charge in [-0.3, -0.25) is 0 Å². The van der Waals surface area contributed by atoms with E-state index in [0.717, 1.165) is 0 Å². The topological polar surface area (TPSA) is 3.24 Å². The molecule has 0 radical (unpaired) electrons. The van der Waals surface area contributed by atoms with E-state index < -0.39 is 0 Å². The van der Waals surface area contributed by atoms with Crippen molar-refractivity contribution in [2.75, 3.05) is 4.90 Å². The Labute approximate surface area is 355 Å². The van der Waals surface area contributed by atoms with Crippen molar-refractivity contribution >= 4 is 63.3 Å². The molecule has 0 aromatic heterocycles. The van der Waals surface area contributed by atoms with E-state index in [9.17, 15) is 0 Å². The van der Waals surface area contributed by atoms with E-state index in [-0.39, 0.29) is 29.7 Å². The molecule has 6 aliphatic rings. The number of fused-ring (bicyclic) bond motifs is 2. The van der Waals surface area contributed by atoms with Gasteiger partial charge < -0.3 is 4.90 Å². The molecule has 1 fully saturated rings. The van der Waals surface area contributed by atoms with Crippen molar-refractivity contribution in [3.63, 3.8) is 0 Å². The van der Waals surface area contributed by atoms with Crippen LogP contribution in [0.5, 0.6) is 0 Å². The van der Waals surface area contributed by atoms with Crippen LogP contribution in [0.4, 0.5) is 17.1 Å². The highest BCUT2D eigenvalue weighted by molar-refractivity contribution is 7.02. The highest BCUT2D eigenvalue weighted by Crippen LogP contribution is 2.66. The smallest absolute Gasteiger partial charge is 0.247 e. The molecule has 0 N–H and O–H groups in total. The average molecular weight is 770 g/mol. The molecular formula is C56H61B2N. The lowest BCUT2D eigenvalue weighted by atomic mass is 9.28. The van der Waals surface area contributed by atoms with Crippen molar-refractivity contribution in [1.29, 1.82) is 0 Å². The predicted octanol–water partition coefficient (Wildman–Crippen LogP) is 10.6. The molecule has 0 saturated heterocycles. The molecule has 12 rings (SSSR count). The Balaban J connectivity index is 0.00000207. The first-order chi connectivity index (χ1) is 28.2. The molecular weight excluding hydrogens is 708 g/mol. The van der Waals surface area contributed by atoms with Crippen molar-refractivity contribution in [3.05, 3.63) is 147 Å². The molecule has 3 heteroatoms. The fourth-order valence-corrected chi connectivity index (χ4v) is 12.6. The highest BCUT2D eigenvalue weighted by atomic mass is 15.2. The van der Waals surface area contributed by atoms with Gasteiger partial charge in [-0.25, -0.2) is 0 Å². The zero-order valence-electron chi connectivity index (χ0n) is 37.7. The third-order valence-electron chi connectivity index (χ3n) is 15.3. The first-order valence-corrected chi connectivity index (χ1v) is 22.8. The van der Waals surface area contributed by atoms with Crippen LogP contribution in [0.15, 0.2) is 97.1 Å². The van der Waals surface area contributed by atoms with Crippen LogP contribution in [0.3, 0.4) is 0 Å². The lowest BCUT2D eigenvalue weighted by Crippen LogP contribution is -2.68. The minimum atomic E-state index is -0.0304. The lowest BCUT2D eigenvalue weighted by molar-refractivity contribution is 0.279. The Kier molecular flexibility index (Phi) is 8.55. The van der Waals surface area contributed by atoms with Gasteiger partial charge in [0.15, 0.2) is 0 Å². The van der Waals surface area contributed by atoms with Crippen LogP contribution in [-0.2, 0) is 16.2 Å². The molecule has 59 heavy (non-hydrogen) atoms. The SMILES string of the molecule is CC.Cc1cccc(C)c1B1c2cc(C(C)(C)C)cc3c2N2c4c1cc(C(C)(C)C)cc4C14CCC(CC1)c1c(-c5ccccc5)cc(c2c14)B3c1c(C)cccc1C. The maximum atomic E-state index is 2.87. The maximum absolute atomic E-state index is 2.87. The minimum absolute atomic E-state index is 0.00751. The zero-order valence-corrected chi connectivity index (χ0v) is 37.7. The monoisotopic (exact) mass is 769 g/mol. The van der Waals surface area contributed by atoms with E-state index in [1.54, 1.807) is 16.7 Å². The van der Waals surface area contributed by atoms with Crippen LogP contribution in [0, 0.1) is 27.7 Å². The van der Waals surface area contributed by atoms with Gasteiger partial charge in [0.1, 0.15) is 0 Å². The summed E-state index contributed by atoms with van der Waals surface area (Å²) in [5.74, 6) is 0.587. The van der Waals surface area contributed by atoms with E-state index in [0.29, 0.717) is 5.92 Å². The fourth-order valence-electron chi connectivity index (χ4n) is 12.6. The minimum Gasteiger partial charge on any atom is -0.312 e. The van der Waals surface area contributed by atoms with E-state index in [2.05, 4.69) is 171 Å². The number of aryl methyl sites for hydroxylation is 4. The number of rotatable bonds is 3. The Hall–Kier alpha value is -4.75. The molecule has 0 amide bonds. The van der Waals surface area contributed by atoms with Crippen LogP contribution >= 0.6 is 0 Å². The standard InChI is InChI=1S/C54H55B2N.C2H6/c1-31-16-14-17-32(2)47(31)55-41-27-37(52(5,6)7)26-40-49(41)57-50-42(55)28-38(53(8,9)10)29-43(50)56(48-33(3)18-15-19-34(48)4)44-30-39(35-20-12-11-13-21-35)45-36-22-24-54(40,25-23-36)46(45)51(44)57;1-2/h11-21,26-30,36H,22-25H2,1-10H3;1-2H3. The van der Waals surface area contributed by atoms with Crippen molar-refractivity contribution in [1.82, 2.24) is 0 Å². The predicted molar refractivity (Wildman–Crippen MR) is 258 cm³/mol. The second kappa shape index (κ2) is 13.1. The molecule has 0 unspecified atom stereocenters. The summed E-state index contributed by atoms with van der Waals surface area (Å²) in [5, 5.41) is 0. The Bertz CT molecular complexity index is 2670. The summed E-state index contributed by atoms with van der Waals surface area (Å²) >= 11 is 0. The van der Waals surface area contributed by atoms with Crippen LogP contribution in [0.2, 0.25) is 0 Å². The molecule has 6 aromatic carbocycles. The molecule has 1 nitrogen and oxygen atoms in total. The van der Waals surface area contributed by atoms with Crippen LogP contribution in [0.25, 0.3) is 11.1 Å². The summed E-state index contributed by atoms with van der Waals surface area (Å²) in [5.41, 5.74) is 29.6. The third-order valence-corrected chi connectivity index (χ3v) is 15.3. The molecule has 0 atom stereocenters. The summed E-state index contributed by atoms with van der Waals surface area (Å²) in [6.07, 6.45) is 4.98. The summed E-state index contributed by atoms with van der Waals surface area (Å²) in [6, 6.07) is 38.8. The van der Waals surface area contributed by atoms with Crippen LogP contribution < -0.4 is 37.7 Å². The van der Waals surface area contributed by atoms with Crippen molar-refractivity contribution < 1.29 is 0 Å². The second-order valence-electron chi connectivity index (χ2n) is 20.7. The van der Waals surface area contributed by atoms with Gasteiger partial charge in [0.2, 0.25) is 13.4 Å². The van der Waals surface area contributed by atoms with Gasteiger partial charge in [-0.2, -0.15) is 0 Å². The van der Waals surface area contributed by atoms with Gasteiger partial charge in [-0.15, -0.1) is 0 Å². The van der Waals surface area contributed by atoms with E-state index >= 15 is 0 Å². The average Bonchev–Trinajstić information content (AvgIpc) is 3.21. The molecule has 1 spiro atoms. The van der Waals surface area contributed by atoms with Gasteiger partial charge in [-0.05, 0) is 131 Å². The van der Waals surface area contributed by atoms with Crippen LogP contribution in [-0.4, -0.2) is 13.4 Å². The quantitative estimate of drug-likeness (QED) is 0.162. The van der Waals surface area contributed by atoms with Gasteiger partial charge in [0.05, 0.1) is 0 Å². The Morgan fingerprint density at radius 2 is 1.00 bits per heavy atom. The Morgan fingerprint density at radius 3 is 1.49 bits per heavy atom. The van der Waals surface area contributed by atoms with Gasteiger partial charge >= 0.3 is 0 Å². The van der Waals surface area contributed by atoms with Crippen LogP contribution in [0.1, 0.15) is 137 Å². The zero-order chi connectivity index (χ0) is 41.5. The summed E-state index contributed by atoms with van der Waals surface area (Å²) in [4.78, 5) is 2.87.